The van der Waals surface area contributed by atoms with Gasteiger partial charge >= 0.3 is 0 Å². The lowest BCUT2D eigenvalue weighted by atomic mass is 10.2. The molecule has 1 saturated heterocycles. The molecule has 1 N–H and O–H groups in total. The van der Waals surface area contributed by atoms with Crippen molar-refractivity contribution in [1.29, 1.82) is 0 Å². The fraction of sp³-hybridized carbons (Fsp3) is 0.714. The van der Waals surface area contributed by atoms with Crippen molar-refractivity contribution >= 4 is 0 Å². The standard InChI is InChI=1S/C21H37N3O3/c1-5-6-9-23(3)15-18-7-8-20(26-4)21(14-18)27-17-19(25)16-24-12-10-22(2)11-13-24/h7-8,14,19,25H,5-6,9-13,15-17H2,1-4H3/t19-/m1/s1. The zero-order valence-corrected chi connectivity index (χ0v) is 17.5. The zero-order chi connectivity index (χ0) is 19.6. The number of likely N-dealkylation sites (N-methyl/N-ethyl adjacent to an activating group) is 1. The zero-order valence-electron chi connectivity index (χ0n) is 17.5. The second-order valence-corrected chi connectivity index (χ2v) is 7.65. The van der Waals surface area contributed by atoms with Crippen LogP contribution in [0.25, 0.3) is 0 Å². The average molecular weight is 380 g/mol. The lowest BCUT2D eigenvalue weighted by Crippen LogP contribution is -2.47. The summed E-state index contributed by atoms with van der Waals surface area (Å²) < 4.78 is 11.4. The number of piperazine rings is 1. The van der Waals surface area contributed by atoms with Gasteiger partial charge in [-0.2, -0.15) is 0 Å². The second kappa shape index (κ2) is 11.5. The predicted molar refractivity (Wildman–Crippen MR) is 110 cm³/mol. The van der Waals surface area contributed by atoms with Gasteiger partial charge < -0.3 is 24.4 Å². The van der Waals surface area contributed by atoms with Crippen molar-refractivity contribution in [3.8, 4) is 11.5 Å². The molecule has 0 saturated carbocycles. The summed E-state index contributed by atoms with van der Waals surface area (Å²) in [6.45, 7) is 9.19. The highest BCUT2D eigenvalue weighted by Gasteiger charge is 2.18. The molecule has 1 fully saturated rings. The van der Waals surface area contributed by atoms with Crippen LogP contribution in [-0.2, 0) is 6.54 Å². The summed E-state index contributed by atoms with van der Waals surface area (Å²) in [5.41, 5.74) is 1.19. The number of methoxy groups -OCH3 is 1. The second-order valence-electron chi connectivity index (χ2n) is 7.65. The van der Waals surface area contributed by atoms with Crippen LogP contribution in [-0.4, -0.2) is 93.0 Å². The van der Waals surface area contributed by atoms with Gasteiger partial charge in [-0.25, -0.2) is 0 Å². The molecule has 154 valence electrons. The first-order valence-corrected chi connectivity index (χ1v) is 10.1. The van der Waals surface area contributed by atoms with E-state index in [0.29, 0.717) is 18.0 Å². The van der Waals surface area contributed by atoms with Crippen LogP contribution in [0.1, 0.15) is 25.3 Å². The van der Waals surface area contributed by atoms with Gasteiger partial charge in [0.15, 0.2) is 11.5 Å². The molecular weight excluding hydrogens is 342 g/mol. The Kier molecular flexibility index (Phi) is 9.34. The van der Waals surface area contributed by atoms with Crippen LogP contribution < -0.4 is 9.47 Å². The summed E-state index contributed by atoms with van der Waals surface area (Å²) in [5.74, 6) is 1.41. The van der Waals surface area contributed by atoms with E-state index < -0.39 is 6.10 Å². The van der Waals surface area contributed by atoms with Crippen LogP contribution >= 0.6 is 0 Å². The third kappa shape index (κ3) is 7.66. The first kappa shape index (κ1) is 22.0. The molecule has 1 aromatic carbocycles. The Bertz CT molecular complexity index is 547. The molecule has 27 heavy (non-hydrogen) atoms. The van der Waals surface area contributed by atoms with Crippen LogP contribution in [0.5, 0.6) is 11.5 Å². The summed E-state index contributed by atoms with van der Waals surface area (Å²) in [5, 5.41) is 10.4. The minimum absolute atomic E-state index is 0.276. The normalized spacial score (nSPS) is 17.3. The molecule has 1 aromatic rings. The highest BCUT2D eigenvalue weighted by atomic mass is 16.5. The molecule has 0 amide bonds. The van der Waals surface area contributed by atoms with Crippen molar-refractivity contribution in [1.82, 2.24) is 14.7 Å². The van der Waals surface area contributed by atoms with Crippen molar-refractivity contribution in [3.63, 3.8) is 0 Å². The van der Waals surface area contributed by atoms with Crippen LogP contribution in [0.2, 0.25) is 0 Å². The monoisotopic (exact) mass is 379 g/mol. The maximum Gasteiger partial charge on any atom is 0.161 e. The molecule has 1 atom stereocenters. The summed E-state index contributed by atoms with van der Waals surface area (Å²) in [4.78, 5) is 6.93. The molecule has 1 aliphatic heterocycles. The van der Waals surface area contributed by atoms with Gasteiger partial charge in [0.05, 0.1) is 7.11 Å². The van der Waals surface area contributed by atoms with E-state index in [4.69, 9.17) is 9.47 Å². The van der Waals surface area contributed by atoms with Crippen LogP contribution in [0.3, 0.4) is 0 Å². The van der Waals surface area contributed by atoms with Crippen LogP contribution in [0.4, 0.5) is 0 Å². The largest absolute Gasteiger partial charge is 0.493 e. The summed E-state index contributed by atoms with van der Waals surface area (Å²) in [6.07, 6.45) is 1.90. The van der Waals surface area contributed by atoms with Gasteiger partial charge in [0.25, 0.3) is 0 Å². The van der Waals surface area contributed by atoms with Gasteiger partial charge in [-0.3, -0.25) is 4.90 Å². The van der Waals surface area contributed by atoms with Gasteiger partial charge in [0, 0.05) is 39.3 Å². The van der Waals surface area contributed by atoms with Crippen molar-refractivity contribution in [3.05, 3.63) is 23.8 Å². The predicted octanol–water partition coefficient (Wildman–Crippen LogP) is 1.91. The number of hydrogen-bond acceptors (Lipinski definition) is 6. The molecule has 0 radical (unpaired) electrons. The summed E-state index contributed by atoms with van der Waals surface area (Å²) in [6, 6.07) is 6.06. The van der Waals surface area contributed by atoms with E-state index in [9.17, 15) is 5.11 Å². The SMILES string of the molecule is CCCCN(C)Cc1ccc(OC)c(OC[C@H](O)CN2CCN(C)CC2)c1. The molecule has 1 heterocycles. The van der Waals surface area contributed by atoms with Crippen molar-refractivity contribution < 1.29 is 14.6 Å². The maximum absolute atomic E-state index is 10.4. The molecular formula is C21H37N3O3. The topological polar surface area (TPSA) is 48.4 Å². The van der Waals surface area contributed by atoms with Gasteiger partial charge in [0.2, 0.25) is 0 Å². The first-order valence-electron chi connectivity index (χ1n) is 10.1. The highest BCUT2D eigenvalue weighted by molar-refractivity contribution is 5.43. The van der Waals surface area contributed by atoms with E-state index >= 15 is 0 Å². The highest BCUT2D eigenvalue weighted by Crippen LogP contribution is 2.28. The molecule has 0 aliphatic carbocycles. The molecule has 0 spiro atoms. The number of unbranched alkanes of at least 4 members (excludes halogenated alkanes) is 1. The molecule has 0 bridgehead atoms. The minimum atomic E-state index is -0.506. The fourth-order valence-corrected chi connectivity index (χ4v) is 3.32. The number of aliphatic hydroxyl groups is 1. The van der Waals surface area contributed by atoms with Gasteiger partial charge in [-0.15, -0.1) is 0 Å². The number of ether oxygens (including phenoxy) is 2. The smallest absolute Gasteiger partial charge is 0.161 e. The summed E-state index contributed by atoms with van der Waals surface area (Å²) >= 11 is 0. The van der Waals surface area contributed by atoms with Crippen LogP contribution in [0, 0.1) is 0 Å². The third-order valence-corrected chi connectivity index (χ3v) is 5.07. The number of rotatable bonds is 11. The number of benzene rings is 1. The van der Waals surface area contributed by atoms with Crippen molar-refractivity contribution in [2.24, 2.45) is 0 Å². The Balaban J connectivity index is 1.86. The number of aliphatic hydroxyl groups excluding tert-OH is 1. The summed E-state index contributed by atoms with van der Waals surface area (Å²) in [7, 11) is 5.92. The quantitative estimate of drug-likeness (QED) is 0.634. The molecule has 6 nitrogen and oxygen atoms in total. The molecule has 0 aromatic heterocycles. The molecule has 2 rings (SSSR count). The molecule has 1 aliphatic rings. The Morgan fingerprint density at radius 2 is 1.93 bits per heavy atom. The lowest BCUT2D eigenvalue weighted by molar-refractivity contribution is 0.0497. The Labute approximate surface area is 164 Å². The van der Waals surface area contributed by atoms with E-state index in [0.717, 1.165) is 39.3 Å². The van der Waals surface area contributed by atoms with Crippen molar-refractivity contribution in [2.75, 3.05) is 67.1 Å². The van der Waals surface area contributed by atoms with Gasteiger partial charge in [-0.05, 0) is 44.8 Å². The first-order chi connectivity index (χ1) is 13.0. The van der Waals surface area contributed by atoms with E-state index in [1.54, 1.807) is 7.11 Å². The van der Waals surface area contributed by atoms with Gasteiger partial charge in [-0.1, -0.05) is 19.4 Å². The van der Waals surface area contributed by atoms with E-state index in [1.807, 2.05) is 12.1 Å². The number of hydrogen-bond donors (Lipinski definition) is 1. The molecule has 0 unspecified atom stereocenters. The average Bonchev–Trinajstić information content (AvgIpc) is 2.66. The Morgan fingerprint density at radius 1 is 1.19 bits per heavy atom. The van der Waals surface area contributed by atoms with Crippen molar-refractivity contribution in [2.45, 2.75) is 32.4 Å². The van der Waals surface area contributed by atoms with E-state index in [-0.39, 0.29) is 6.61 Å². The van der Waals surface area contributed by atoms with Crippen LogP contribution in [0.15, 0.2) is 18.2 Å². The Morgan fingerprint density at radius 3 is 2.59 bits per heavy atom. The fourth-order valence-electron chi connectivity index (χ4n) is 3.32. The van der Waals surface area contributed by atoms with E-state index in [1.165, 1.54) is 18.4 Å². The minimum Gasteiger partial charge on any atom is -0.493 e. The van der Waals surface area contributed by atoms with E-state index in [2.05, 4.69) is 41.8 Å². The lowest BCUT2D eigenvalue weighted by Gasteiger charge is -2.33. The van der Waals surface area contributed by atoms with Gasteiger partial charge in [0.1, 0.15) is 12.7 Å². The Hall–Kier alpha value is -1.34. The number of β-amino-alcohol motifs (C(OH)–C–C–N with tert-alkyl or cyclic N) is 1. The third-order valence-electron chi connectivity index (χ3n) is 5.07. The maximum atomic E-state index is 10.4. The molecule has 6 heteroatoms. The number of nitrogens with zero attached hydrogens (tertiary/aromatic N) is 3.